The fourth-order valence-electron chi connectivity index (χ4n) is 1.50. The van der Waals surface area contributed by atoms with Crippen LogP contribution in [-0.2, 0) is 18.8 Å². The third kappa shape index (κ3) is 3.01. The summed E-state index contributed by atoms with van der Waals surface area (Å²) in [5.74, 6) is 0. The maximum atomic E-state index is 12.6. The van der Waals surface area contributed by atoms with E-state index in [2.05, 4.69) is 6.58 Å². The number of hydrogen-bond donors (Lipinski definition) is 0. The molecule has 0 atom stereocenters. The Kier molecular flexibility index (Phi) is 3.54. The molecule has 0 aromatic heterocycles. The van der Waals surface area contributed by atoms with E-state index in [4.69, 9.17) is 0 Å². The van der Waals surface area contributed by atoms with E-state index in [9.17, 15) is 26.3 Å². The van der Waals surface area contributed by atoms with Crippen LogP contribution < -0.4 is 0 Å². The summed E-state index contributed by atoms with van der Waals surface area (Å²) in [4.78, 5) is 0. The lowest BCUT2D eigenvalue weighted by Crippen LogP contribution is -2.18. The normalized spacial score (nSPS) is 12.6. The minimum Gasteiger partial charge on any atom is -0.166 e. The zero-order chi connectivity index (χ0) is 13.3. The van der Waals surface area contributed by atoms with Crippen molar-refractivity contribution >= 4 is 0 Å². The molecule has 1 rings (SSSR count). The van der Waals surface area contributed by atoms with Gasteiger partial charge in [0.2, 0.25) is 0 Å². The van der Waals surface area contributed by atoms with Crippen molar-refractivity contribution in [1.82, 2.24) is 0 Å². The van der Waals surface area contributed by atoms with E-state index in [0.29, 0.717) is 6.07 Å². The van der Waals surface area contributed by atoms with Gasteiger partial charge in [0.1, 0.15) is 0 Å². The highest BCUT2D eigenvalue weighted by Crippen LogP contribution is 2.42. The number of rotatable bonds is 2. The Morgan fingerprint density at radius 3 is 2.00 bits per heavy atom. The molecule has 0 saturated heterocycles. The maximum absolute atomic E-state index is 12.6. The van der Waals surface area contributed by atoms with Crippen LogP contribution in [0.15, 0.2) is 30.9 Å². The molecule has 0 N–H and O–H groups in total. The molecule has 0 amide bonds. The first-order valence-corrected chi connectivity index (χ1v) is 4.55. The van der Waals surface area contributed by atoms with Gasteiger partial charge in [-0.3, -0.25) is 0 Å². The molecule has 17 heavy (non-hydrogen) atoms. The van der Waals surface area contributed by atoms with Crippen molar-refractivity contribution in [2.45, 2.75) is 18.8 Å². The lowest BCUT2D eigenvalue weighted by atomic mass is 9.98. The molecule has 0 fully saturated rings. The highest BCUT2D eigenvalue weighted by Gasteiger charge is 2.44. The lowest BCUT2D eigenvalue weighted by Gasteiger charge is -2.18. The highest BCUT2D eigenvalue weighted by atomic mass is 19.4. The van der Waals surface area contributed by atoms with Crippen molar-refractivity contribution < 1.29 is 26.3 Å². The Balaban J connectivity index is 3.51. The summed E-state index contributed by atoms with van der Waals surface area (Å²) < 4.78 is 75.3. The Labute approximate surface area is 93.6 Å². The number of alkyl halides is 6. The first kappa shape index (κ1) is 13.6. The molecule has 0 spiro atoms. The zero-order valence-corrected chi connectivity index (χ0v) is 8.49. The predicted molar refractivity (Wildman–Crippen MR) is 50.3 cm³/mol. The molecule has 0 saturated carbocycles. The van der Waals surface area contributed by atoms with Gasteiger partial charge in [-0.2, -0.15) is 26.3 Å². The van der Waals surface area contributed by atoms with Gasteiger partial charge in [0.05, 0.1) is 11.1 Å². The predicted octanol–water partition coefficient (Wildman–Crippen LogP) is 4.45. The molecule has 0 aliphatic carbocycles. The van der Waals surface area contributed by atoms with Crippen molar-refractivity contribution in [2.75, 3.05) is 0 Å². The quantitative estimate of drug-likeness (QED) is 0.540. The molecular formula is C11H8F6. The van der Waals surface area contributed by atoms with Crippen LogP contribution in [0.4, 0.5) is 26.3 Å². The fraction of sp³-hybridized carbons (Fsp3) is 0.273. The largest absolute Gasteiger partial charge is 0.417 e. The summed E-state index contributed by atoms with van der Waals surface area (Å²) in [7, 11) is 0. The number of allylic oxidation sites excluding steroid dienone is 1. The van der Waals surface area contributed by atoms with E-state index in [1.165, 1.54) is 0 Å². The van der Waals surface area contributed by atoms with Crippen molar-refractivity contribution in [1.29, 1.82) is 0 Å². The Bertz CT molecular complexity index is 413. The summed E-state index contributed by atoms with van der Waals surface area (Å²) in [6.07, 6.45) is -9.20. The Morgan fingerprint density at radius 2 is 1.59 bits per heavy atom. The highest BCUT2D eigenvalue weighted by molar-refractivity contribution is 5.40. The zero-order valence-electron chi connectivity index (χ0n) is 8.49. The Morgan fingerprint density at radius 1 is 1.00 bits per heavy atom. The minimum atomic E-state index is -5.04. The summed E-state index contributed by atoms with van der Waals surface area (Å²) >= 11 is 0. The Hall–Kier alpha value is -1.46. The molecule has 1 aromatic carbocycles. The summed E-state index contributed by atoms with van der Waals surface area (Å²) in [6.45, 7) is 3.22. The molecule has 0 aliphatic heterocycles. The third-order valence-corrected chi connectivity index (χ3v) is 2.10. The van der Waals surface area contributed by atoms with Crippen LogP contribution >= 0.6 is 0 Å². The molecule has 0 nitrogen and oxygen atoms in total. The van der Waals surface area contributed by atoms with Crippen LogP contribution in [0.1, 0.15) is 16.7 Å². The standard InChI is InChI=1S/C11H8F6/c1-2-4-7-5-3-6-8(10(12,13)14)9(7)11(15,16)17/h2-3,5-6H,1,4H2. The van der Waals surface area contributed by atoms with Gasteiger partial charge in [0, 0.05) is 0 Å². The molecule has 0 unspecified atom stereocenters. The first-order valence-electron chi connectivity index (χ1n) is 4.55. The average Bonchev–Trinajstić information content (AvgIpc) is 2.14. The topological polar surface area (TPSA) is 0 Å². The second-order valence-corrected chi connectivity index (χ2v) is 3.33. The maximum Gasteiger partial charge on any atom is 0.417 e. The van der Waals surface area contributed by atoms with Crippen LogP contribution in [0.5, 0.6) is 0 Å². The molecular weight excluding hydrogens is 246 g/mol. The summed E-state index contributed by atoms with van der Waals surface area (Å²) in [6, 6.07) is 2.39. The SMILES string of the molecule is C=CCc1cccc(C(F)(F)F)c1C(F)(F)F. The number of benzene rings is 1. The van der Waals surface area contributed by atoms with Gasteiger partial charge < -0.3 is 0 Å². The van der Waals surface area contributed by atoms with Gasteiger partial charge in [-0.25, -0.2) is 0 Å². The van der Waals surface area contributed by atoms with Crippen molar-refractivity contribution in [3.63, 3.8) is 0 Å². The van der Waals surface area contributed by atoms with Crippen molar-refractivity contribution in [3.8, 4) is 0 Å². The van der Waals surface area contributed by atoms with E-state index in [1.54, 1.807) is 0 Å². The number of hydrogen-bond acceptors (Lipinski definition) is 0. The van der Waals surface area contributed by atoms with E-state index in [-0.39, 0.29) is 6.42 Å². The van der Waals surface area contributed by atoms with Gasteiger partial charge in [-0.15, -0.1) is 6.58 Å². The summed E-state index contributed by atoms with van der Waals surface area (Å²) in [5.41, 5.74) is -3.72. The molecule has 6 heteroatoms. The lowest BCUT2D eigenvalue weighted by molar-refractivity contribution is -0.162. The molecule has 0 bridgehead atoms. The van der Waals surface area contributed by atoms with Crippen molar-refractivity contribution in [3.05, 3.63) is 47.5 Å². The third-order valence-electron chi connectivity index (χ3n) is 2.10. The second-order valence-electron chi connectivity index (χ2n) is 3.33. The van der Waals surface area contributed by atoms with E-state index in [0.717, 1.165) is 18.2 Å². The molecule has 0 radical (unpaired) electrons. The van der Waals surface area contributed by atoms with Gasteiger partial charge >= 0.3 is 12.4 Å². The van der Waals surface area contributed by atoms with Gasteiger partial charge in [-0.1, -0.05) is 18.2 Å². The molecule has 1 aromatic rings. The monoisotopic (exact) mass is 254 g/mol. The van der Waals surface area contributed by atoms with E-state index < -0.39 is 29.0 Å². The molecule has 0 heterocycles. The van der Waals surface area contributed by atoms with Crippen LogP contribution in [0.25, 0.3) is 0 Å². The van der Waals surface area contributed by atoms with Crippen molar-refractivity contribution in [2.24, 2.45) is 0 Å². The summed E-state index contributed by atoms with van der Waals surface area (Å²) in [5, 5.41) is 0. The average molecular weight is 254 g/mol. The van der Waals surface area contributed by atoms with Gasteiger partial charge in [-0.05, 0) is 18.1 Å². The minimum absolute atomic E-state index is 0.265. The molecule has 0 aliphatic rings. The van der Waals surface area contributed by atoms with Gasteiger partial charge in [0.25, 0.3) is 0 Å². The van der Waals surface area contributed by atoms with Crippen LogP contribution in [0, 0.1) is 0 Å². The second kappa shape index (κ2) is 4.43. The van der Waals surface area contributed by atoms with E-state index in [1.807, 2.05) is 0 Å². The fourth-order valence-corrected chi connectivity index (χ4v) is 1.50. The number of halogens is 6. The van der Waals surface area contributed by atoms with E-state index >= 15 is 0 Å². The van der Waals surface area contributed by atoms with Crippen LogP contribution in [0.3, 0.4) is 0 Å². The first-order chi connectivity index (χ1) is 7.68. The van der Waals surface area contributed by atoms with Gasteiger partial charge in [0.15, 0.2) is 0 Å². The van der Waals surface area contributed by atoms with Crippen LogP contribution in [-0.4, -0.2) is 0 Å². The smallest absolute Gasteiger partial charge is 0.166 e. The van der Waals surface area contributed by atoms with Crippen LogP contribution in [0.2, 0.25) is 0 Å². The molecule has 94 valence electrons.